The van der Waals surface area contributed by atoms with E-state index >= 15 is 0 Å². The van der Waals surface area contributed by atoms with Crippen LogP contribution in [0.1, 0.15) is 38.0 Å². The zero-order valence-corrected chi connectivity index (χ0v) is 25.7. The van der Waals surface area contributed by atoms with Crippen LogP contribution in [0.25, 0.3) is 16.8 Å². The second kappa shape index (κ2) is 12.4. The third-order valence-corrected chi connectivity index (χ3v) is 8.90. The average Bonchev–Trinajstić information content (AvgIpc) is 3.55. The van der Waals surface area contributed by atoms with Gasteiger partial charge in [0, 0.05) is 12.2 Å². The number of sulfonamides is 1. The fourth-order valence-electron chi connectivity index (χ4n) is 5.48. The number of anilines is 1. The van der Waals surface area contributed by atoms with Crippen molar-refractivity contribution in [3.8, 4) is 16.8 Å². The highest BCUT2D eigenvalue weighted by Gasteiger charge is 2.38. The van der Waals surface area contributed by atoms with Gasteiger partial charge in [0.05, 0.1) is 21.7 Å². The van der Waals surface area contributed by atoms with Gasteiger partial charge in [-0.05, 0) is 77.2 Å². The Morgan fingerprint density at radius 1 is 1.00 bits per heavy atom. The largest absolute Gasteiger partial charge is 0.478 e. The minimum Gasteiger partial charge on any atom is -0.478 e. The number of aromatic nitrogens is 3. The molecule has 0 bridgehead atoms. The molecule has 6 rings (SSSR count). The van der Waals surface area contributed by atoms with Crippen molar-refractivity contribution in [2.75, 3.05) is 11.9 Å². The van der Waals surface area contributed by atoms with Crippen LogP contribution in [0.5, 0.6) is 0 Å². The number of nitrogens with zero attached hydrogens (tertiary/aromatic N) is 4. The van der Waals surface area contributed by atoms with Gasteiger partial charge < -0.3 is 15.3 Å². The van der Waals surface area contributed by atoms with Crippen molar-refractivity contribution >= 4 is 45.1 Å². The Bertz CT molecular complexity index is 2170. The Morgan fingerprint density at radius 3 is 2.45 bits per heavy atom. The van der Waals surface area contributed by atoms with Gasteiger partial charge in [0.2, 0.25) is 10.0 Å². The lowest BCUT2D eigenvalue weighted by molar-refractivity contribution is -0.121. The first-order valence-electron chi connectivity index (χ1n) is 14.0. The first-order valence-corrected chi connectivity index (χ1v) is 15.9. The summed E-state index contributed by atoms with van der Waals surface area (Å²) in [4.78, 5) is 40.5. The first kappa shape index (κ1) is 31.5. The Labute approximate surface area is 272 Å². The summed E-state index contributed by atoms with van der Waals surface area (Å²) in [5, 5.41) is 25.1. The Morgan fingerprint density at radius 2 is 1.72 bits per heavy atom. The second-order valence-electron chi connectivity index (χ2n) is 10.6. The van der Waals surface area contributed by atoms with Crippen molar-refractivity contribution in [3.63, 3.8) is 0 Å². The van der Waals surface area contributed by atoms with Crippen molar-refractivity contribution < 1.29 is 32.3 Å². The molecule has 0 saturated carbocycles. The van der Waals surface area contributed by atoms with Crippen LogP contribution in [0.4, 0.5) is 10.1 Å². The van der Waals surface area contributed by atoms with E-state index in [0.29, 0.717) is 27.9 Å². The van der Waals surface area contributed by atoms with Gasteiger partial charge in [-0.1, -0.05) is 53.2 Å². The van der Waals surface area contributed by atoms with Crippen molar-refractivity contribution in [1.82, 2.24) is 19.9 Å². The summed E-state index contributed by atoms with van der Waals surface area (Å²) < 4.78 is 39.9. The molecule has 1 aliphatic heterocycles. The molecule has 4 aromatic carbocycles. The van der Waals surface area contributed by atoms with E-state index in [9.17, 15) is 32.3 Å². The third kappa shape index (κ3) is 6.21. The molecule has 1 unspecified atom stereocenters. The number of carbonyl (C=O) groups excluding carboxylic acids is 2. The predicted molar refractivity (Wildman–Crippen MR) is 169 cm³/mol. The lowest BCUT2D eigenvalue weighted by Gasteiger charge is -2.37. The smallest absolute Gasteiger partial charge is 0.335 e. The number of carbonyl (C=O) groups is 3. The predicted octanol–water partition coefficient (Wildman–Crippen LogP) is 4.45. The molecule has 15 heteroatoms. The van der Waals surface area contributed by atoms with Crippen LogP contribution in [0.2, 0.25) is 5.02 Å². The molecule has 1 aromatic heterocycles. The minimum absolute atomic E-state index is 0.0217. The van der Waals surface area contributed by atoms with Crippen LogP contribution in [0.3, 0.4) is 0 Å². The van der Waals surface area contributed by atoms with Gasteiger partial charge in [0.15, 0.2) is 11.5 Å². The molecule has 0 fully saturated rings. The number of nitrogens with one attached hydrogen (secondary N) is 1. The van der Waals surface area contributed by atoms with E-state index < -0.39 is 39.7 Å². The molecule has 5 aromatic rings. The van der Waals surface area contributed by atoms with Gasteiger partial charge in [-0.2, -0.15) is 0 Å². The van der Waals surface area contributed by atoms with E-state index in [4.69, 9.17) is 16.7 Å². The van der Waals surface area contributed by atoms with Gasteiger partial charge in [0.1, 0.15) is 11.7 Å². The molecule has 2 amide bonds. The number of hydrogen-bond donors (Lipinski definition) is 3. The molecule has 47 heavy (non-hydrogen) atoms. The highest BCUT2D eigenvalue weighted by Crippen LogP contribution is 2.38. The van der Waals surface area contributed by atoms with E-state index in [-0.39, 0.29) is 39.8 Å². The SMILES string of the molecule is NS(=O)(=O)c1cccc(-c2cccc3c2CCN(C(=O)c2cn(-c4cccc(Cl)c4F)nn2)C3C(=O)Nc2ccc(C(=O)O)cc2)c1. The second-order valence-corrected chi connectivity index (χ2v) is 12.6. The fourth-order valence-corrected chi connectivity index (χ4v) is 6.21. The highest BCUT2D eigenvalue weighted by molar-refractivity contribution is 7.89. The first-order chi connectivity index (χ1) is 22.4. The normalized spacial score (nSPS) is 14.4. The lowest BCUT2D eigenvalue weighted by Crippen LogP contribution is -2.45. The van der Waals surface area contributed by atoms with Crippen molar-refractivity contribution in [3.05, 3.63) is 124 Å². The fraction of sp³-hybridized carbons (Fsp3) is 0.0938. The average molecular weight is 675 g/mol. The number of hydrogen-bond acceptors (Lipinski definition) is 7. The Hall–Kier alpha value is -5.44. The van der Waals surface area contributed by atoms with Gasteiger partial charge in [0.25, 0.3) is 11.8 Å². The van der Waals surface area contributed by atoms with Gasteiger partial charge in [-0.25, -0.2) is 27.4 Å². The number of amides is 2. The Balaban J connectivity index is 1.41. The minimum atomic E-state index is -4.00. The number of fused-ring (bicyclic) bond motifs is 1. The van der Waals surface area contributed by atoms with E-state index in [1.54, 1.807) is 30.3 Å². The molecule has 2 heterocycles. The lowest BCUT2D eigenvalue weighted by atomic mass is 9.86. The number of nitrogens with two attached hydrogens (primary N) is 1. The molecule has 12 nitrogen and oxygen atoms in total. The topological polar surface area (TPSA) is 178 Å². The summed E-state index contributed by atoms with van der Waals surface area (Å²) in [6, 6.07) is 19.9. The van der Waals surface area contributed by atoms with Crippen LogP contribution in [-0.4, -0.2) is 57.7 Å². The van der Waals surface area contributed by atoms with Gasteiger partial charge >= 0.3 is 5.97 Å². The zero-order valence-electron chi connectivity index (χ0n) is 24.2. The number of benzene rings is 4. The number of aromatic carboxylic acids is 1. The maximum absolute atomic E-state index is 14.7. The standard InChI is InChI=1S/C32H24ClFN6O6S/c33-25-8-3-9-27(28(25)34)40-17-26(37-38-40)31(42)39-15-14-23-22(19-4-1-5-21(16-19)47(35,45)46)6-2-7-24(23)29(39)30(41)36-20-12-10-18(11-13-20)32(43)44/h1-13,16-17,29H,14-15H2,(H,36,41)(H,43,44)(H2,35,45,46). The number of primary sulfonamides is 1. The van der Waals surface area contributed by atoms with Crippen molar-refractivity contribution in [2.24, 2.45) is 5.14 Å². The summed E-state index contributed by atoms with van der Waals surface area (Å²) in [6.07, 6.45) is 1.52. The number of halogens is 2. The quantitative estimate of drug-likeness (QED) is 0.227. The Kier molecular flexibility index (Phi) is 8.32. The summed E-state index contributed by atoms with van der Waals surface area (Å²) in [5.74, 6) is -3.15. The van der Waals surface area contributed by atoms with Crippen LogP contribution in [0.15, 0.2) is 96.0 Å². The molecule has 0 radical (unpaired) electrons. The molecular weight excluding hydrogens is 651 g/mol. The maximum Gasteiger partial charge on any atom is 0.335 e. The van der Waals surface area contributed by atoms with E-state index in [2.05, 4.69) is 15.6 Å². The van der Waals surface area contributed by atoms with Crippen LogP contribution >= 0.6 is 11.6 Å². The van der Waals surface area contributed by atoms with E-state index in [0.717, 1.165) is 4.68 Å². The highest BCUT2D eigenvalue weighted by atomic mass is 35.5. The molecular formula is C32H24ClFN6O6S. The molecule has 0 aliphatic carbocycles. The molecule has 4 N–H and O–H groups in total. The van der Waals surface area contributed by atoms with Crippen LogP contribution < -0.4 is 10.5 Å². The van der Waals surface area contributed by atoms with E-state index in [1.165, 1.54) is 65.7 Å². The maximum atomic E-state index is 14.7. The number of rotatable bonds is 7. The molecule has 0 saturated heterocycles. The summed E-state index contributed by atoms with van der Waals surface area (Å²) in [7, 11) is -4.00. The van der Waals surface area contributed by atoms with Crippen molar-refractivity contribution in [2.45, 2.75) is 17.4 Å². The van der Waals surface area contributed by atoms with Crippen molar-refractivity contribution in [1.29, 1.82) is 0 Å². The summed E-state index contributed by atoms with van der Waals surface area (Å²) in [5.41, 5.74) is 2.48. The molecule has 1 atom stereocenters. The summed E-state index contributed by atoms with van der Waals surface area (Å²) in [6.45, 7) is 0.0478. The zero-order chi connectivity index (χ0) is 33.5. The monoisotopic (exact) mass is 674 g/mol. The molecule has 1 aliphatic rings. The van der Waals surface area contributed by atoms with E-state index in [1.807, 2.05) is 0 Å². The third-order valence-electron chi connectivity index (χ3n) is 7.69. The number of carboxylic acid groups (broad SMARTS) is 1. The summed E-state index contributed by atoms with van der Waals surface area (Å²) >= 11 is 5.91. The van der Waals surface area contributed by atoms with Gasteiger partial charge in [-0.3, -0.25) is 9.59 Å². The molecule has 238 valence electrons. The number of carboxylic acids is 1. The van der Waals surface area contributed by atoms with Gasteiger partial charge in [-0.15, -0.1) is 5.10 Å². The molecule has 0 spiro atoms. The van der Waals surface area contributed by atoms with Crippen LogP contribution in [-0.2, 0) is 21.2 Å². The van der Waals surface area contributed by atoms with Crippen LogP contribution in [0, 0.1) is 5.82 Å².